The summed E-state index contributed by atoms with van der Waals surface area (Å²) in [6.45, 7) is 3.55. The van der Waals surface area contributed by atoms with Gasteiger partial charge in [0.15, 0.2) is 6.10 Å². The number of nitrogens with one attached hydrogen (secondary N) is 1. The zero-order valence-electron chi connectivity index (χ0n) is 11.6. The molecule has 1 atom stereocenters. The van der Waals surface area contributed by atoms with Crippen molar-refractivity contribution in [2.45, 2.75) is 26.4 Å². The number of pyridine rings is 1. The van der Waals surface area contributed by atoms with Gasteiger partial charge in [0, 0.05) is 12.4 Å². The molecule has 0 aliphatic heterocycles. The van der Waals surface area contributed by atoms with Gasteiger partial charge in [0.2, 0.25) is 5.13 Å². The molecule has 0 saturated heterocycles. The largest absolute Gasteiger partial charge is 0.449 e. The Morgan fingerprint density at radius 2 is 2.05 bits per heavy atom. The molecule has 8 heteroatoms. The second-order valence-electron chi connectivity index (χ2n) is 4.15. The quantitative estimate of drug-likeness (QED) is 0.847. The highest BCUT2D eigenvalue weighted by atomic mass is 32.1. The molecule has 2 heterocycles. The van der Waals surface area contributed by atoms with E-state index in [9.17, 15) is 9.59 Å². The lowest BCUT2D eigenvalue weighted by atomic mass is 10.2. The van der Waals surface area contributed by atoms with E-state index in [1.807, 2.05) is 0 Å². The molecule has 0 spiro atoms. The van der Waals surface area contributed by atoms with Gasteiger partial charge >= 0.3 is 5.97 Å². The molecule has 0 fully saturated rings. The zero-order valence-corrected chi connectivity index (χ0v) is 12.4. The van der Waals surface area contributed by atoms with E-state index < -0.39 is 18.0 Å². The number of hydrogen-bond acceptors (Lipinski definition) is 7. The first kappa shape index (κ1) is 15.0. The fourth-order valence-corrected chi connectivity index (χ4v) is 2.14. The molecule has 1 N–H and O–H groups in total. The van der Waals surface area contributed by atoms with Crippen molar-refractivity contribution in [2.24, 2.45) is 0 Å². The molecule has 2 rings (SSSR count). The summed E-state index contributed by atoms with van der Waals surface area (Å²) in [6.07, 6.45) is 2.46. The summed E-state index contributed by atoms with van der Waals surface area (Å²) in [5.41, 5.74) is 0.350. The lowest BCUT2D eigenvalue weighted by molar-refractivity contribution is -0.124. The van der Waals surface area contributed by atoms with Crippen molar-refractivity contribution < 1.29 is 14.3 Å². The van der Waals surface area contributed by atoms with Gasteiger partial charge < -0.3 is 4.74 Å². The maximum atomic E-state index is 12.1. The number of nitrogens with zero attached hydrogens (tertiary/aromatic N) is 3. The van der Waals surface area contributed by atoms with Crippen LogP contribution in [0.1, 0.15) is 28.7 Å². The molecule has 110 valence electrons. The highest BCUT2D eigenvalue weighted by Crippen LogP contribution is 2.15. The molecular weight excluding hydrogens is 292 g/mol. The fourth-order valence-electron chi connectivity index (χ4n) is 1.54. The second kappa shape index (κ2) is 6.89. The Labute approximate surface area is 125 Å². The van der Waals surface area contributed by atoms with Crippen LogP contribution in [0, 0.1) is 6.92 Å². The van der Waals surface area contributed by atoms with Crippen molar-refractivity contribution in [3.8, 4) is 0 Å². The number of aromatic nitrogens is 3. The van der Waals surface area contributed by atoms with Crippen LogP contribution in [0.5, 0.6) is 0 Å². The van der Waals surface area contributed by atoms with E-state index in [2.05, 4.69) is 20.5 Å². The summed E-state index contributed by atoms with van der Waals surface area (Å²) < 4.78 is 5.20. The first-order valence-electron chi connectivity index (χ1n) is 6.32. The van der Waals surface area contributed by atoms with Crippen molar-refractivity contribution in [3.63, 3.8) is 0 Å². The van der Waals surface area contributed by atoms with Crippen molar-refractivity contribution >= 4 is 28.3 Å². The molecular formula is C13H14N4O3S. The van der Waals surface area contributed by atoms with Crippen LogP contribution in [0.25, 0.3) is 0 Å². The number of esters is 1. The average molecular weight is 306 g/mol. The number of aryl methyl sites for hydroxylation is 1. The molecule has 1 unspecified atom stereocenters. The molecule has 1 amide bonds. The van der Waals surface area contributed by atoms with E-state index in [0.717, 1.165) is 5.01 Å². The van der Waals surface area contributed by atoms with Crippen LogP contribution in [0.3, 0.4) is 0 Å². The Morgan fingerprint density at radius 3 is 2.62 bits per heavy atom. The maximum absolute atomic E-state index is 12.1. The van der Waals surface area contributed by atoms with Gasteiger partial charge in [-0.2, -0.15) is 0 Å². The van der Waals surface area contributed by atoms with Crippen LogP contribution in [0.15, 0.2) is 24.5 Å². The van der Waals surface area contributed by atoms with E-state index in [1.54, 1.807) is 13.8 Å². The van der Waals surface area contributed by atoms with Crippen molar-refractivity contribution in [3.05, 3.63) is 35.1 Å². The minimum absolute atomic E-state index is 0.350. The van der Waals surface area contributed by atoms with Gasteiger partial charge in [-0.05, 0) is 25.5 Å². The van der Waals surface area contributed by atoms with Gasteiger partial charge in [0.25, 0.3) is 5.91 Å². The second-order valence-corrected chi connectivity index (χ2v) is 5.34. The predicted molar refractivity (Wildman–Crippen MR) is 77.0 cm³/mol. The summed E-state index contributed by atoms with van der Waals surface area (Å²) >= 11 is 1.26. The van der Waals surface area contributed by atoms with Gasteiger partial charge in [-0.1, -0.05) is 18.3 Å². The number of hydrogen-bond donors (Lipinski definition) is 1. The molecule has 2 aromatic rings. The van der Waals surface area contributed by atoms with Crippen LogP contribution in [-0.4, -0.2) is 33.2 Å². The molecule has 0 radical (unpaired) electrons. The van der Waals surface area contributed by atoms with Crippen molar-refractivity contribution in [1.29, 1.82) is 0 Å². The van der Waals surface area contributed by atoms with Crippen LogP contribution >= 0.6 is 11.3 Å². The first-order chi connectivity index (χ1) is 10.1. The van der Waals surface area contributed by atoms with E-state index >= 15 is 0 Å². The fraction of sp³-hybridized carbons (Fsp3) is 0.308. The number of carbonyl (C=O) groups is 2. The Kier molecular flexibility index (Phi) is 4.94. The number of amides is 1. The summed E-state index contributed by atoms with van der Waals surface area (Å²) in [6, 6.07) is 3.06. The van der Waals surface area contributed by atoms with Crippen molar-refractivity contribution in [1.82, 2.24) is 15.2 Å². The van der Waals surface area contributed by atoms with Gasteiger partial charge in [0.05, 0.1) is 5.56 Å². The Bertz CT molecular complexity index is 629. The van der Waals surface area contributed by atoms with Crippen LogP contribution in [0.2, 0.25) is 0 Å². The van der Waals surface area contributed by atoms with Gasteiger partial charge in [0.1, 0.15) is 5.01 Å². The van der Waals surface area contributed by atoms with E-state index in [-0.39, 0.29) is 0 Å². The van der Waals surface area contributed by atoms with Crippen LogP contribution < -0.4 is 5.32 Å². The average Bonchev–Trinajstić information content (AvgIpc) is 2.90. The lowest BCUT2D eigenvalue weighted by Crippen LogP contribution is -2.32. The number of carbonyl (C=O) groups excluding carboxylic acids is 2. The molecule has 0 aliphatic carbocycles. The highest BCUT2D eigenvalue weighted by molar-refractivity contribution is 7.15. The molecule has 2 aromatic heterocycles. The molecule has 0 bridgehead atoms. The van der Waals surface area contributed by atoms with Crippen LogP contribution in [0.4, 0.5) is 5.13 Å². The third-order valence-electron chi connectivity index (χ3n) is 2.58. The lowest BCUT2D eigenvalue weighted by Gasteiger charge is -2.14. The van der Waals surface area contributed by atoms with E-state index in [0.29, 0.717) is 17.1 Å². The molecule has 0 aliphatic rings. The summed E-state index contributed by atoms with van der Waals surface area (Å²) in [5.74, 6) is -0.982. The van der Waals surface area contributed by atoms with Gasteiger partial charge in [-0.15, -0.1) is 10.2 Å². The number of anilines is 1. The number of ether oxygens (including phenoxy) is 1. The normalized spacial score (nSPS) is 11.7. The number of rotatable bonds is 5. The van der Waals surface area contributed by atoms with E-state index in [4.69, 9.17) is 4.74 Å². The molecule has 0 saturated carbocycles. The third kappa shape index (κ3) is 4.06. The molecule has 7 nitrogen and oxygen atoms in total. The standard InChI is InChI=1S/C13H14N4O3S/c1-3-10(11(18)15-13-17-16-8(2)21-13)20-12(19)9-4-6-14-7-5-9/h4-7,10H,3H2,1-2H3,(H,15,17,18). The highest BCUT2D eigenvalue weighted by Gasteiger charge is 2.23. The Morgan fingerprint density at radius 1 is 1.33 bits per heavy atom. The van der Waals surface area contributed by atoms with E-state index in [1.165, 1.54) is 35.9 Å². The van der Waals surface area contributed by atoms with Crippen LogP contribution in [-0.2, 0) is 9.53 Å². The summed E-state index contributed by atoms with van der Waals surface area (Å²) in [5, 5.41) is 11.3. The Balaban J connectivity index is 1.99. The monoisotopic (exact) mass is 306 g/mol. The Hall–Kier alpha value is -2.35. The van der Waals surface area contributed by atoms with Crippen molar-refractivity contribution in [2.75, 3.05) is 5.32 Å². The zero-order chi connectivity index (χ0) is 15.2. The molecule has 21 heavy (non-hydrogen) atoms. The first-order valence-corrected chi connectivity index (χ1v) is 7.13. The van der Waals surface area contributed by atoms with Gasteiger partial charge in [-0.25, -0.2) is 4.79 Å². The summed E-state index contributed by atoms with van der Waals surface area (Å²) in [7, 11) is 0. The third-order valence-corrected chi connectivity index (χ3v) is 3.34. The van der Waals surface area contributed by atoms with Gasteiger partial charge in [-0.3, -0.25) is 15.1 Å². The minimum atomic E-state index is -0.880. The molecule has 0 aromatic carbocycles. The smallest absolute Gasteiger partial charge is 0.339 e. The maximum Gasteiger partial charge on any atom is 0.339 e. The topological polar surface area (TPSA) is 94.1 Å². The minimum Gasteiger partial charge on any atom is -0.449 e. The summed E-state index contributed by atoms with van der Waals surface area (Å²) in [4.78, 5) is 27.8. The predicted octanol–water partition coefficient (Wildman–Crippen LogP) is 1.82. The SMILES string of the molecule is CCC(OC(=O)c1ccncc1)C(=O)Nc1nnc(C)s1.